The van der Waals surface area contributed by atoms with Crippen LogP contribution < -0.4 is 4.74 Å². The second kappa shape index (κ2) is 7.31. The lowest BCUT2D eigenvalue weighted by Gasteiger charge is -2.28. The van der Waals surface area contributed by atoms with Crippen LogP contribution in [0.5, 0.6) is 5.88 Å². The van der Waals surface area contributed by atoms with E-state index in [1.54, 1.807) is 51.2 Å². The number of thioether (sulfide) groups is 1. The summed E-state index contributed by atoms with van der Waals surface area (Å²) in [5, 5.41) is 17.6. The van der Waals surface area contributed by atoms with Crippen molar-refractivity contribution in [3.8, 4) is 17.6 Å². The second-order valence-corrected chi connectivity index (χ2v) is 6.40. The highest BCUT2D eigenvalue weighted by molar-refractivity contribution is 7.99. The number of pyridine rings is 1. The first-order valence-electron chi connectivity index (χ1n) is 7.10. The molecule has 8 nitrogen and oxygen atoms in total. The highest BCUT2D eigenvalue weighted by Gasteiger charge is 2.27. The van der Waals surface area contributed by atoms with Gasteiger partial charge in [0, 0.05) is 13.1 Å². The predicted molar refractivity (Wildman–Crippen MR) is 88.9 cm³/mol. The zero-order valence-electron chi connectivity index (χ0n) is 13.9. The minimum atomic E-state index is -0.856. The average molecular weight is 346 g/mol. The molecule has 24 heavy (non-hydrogen) atoms. The molecule has 0 unspecified atom stereocenters. The predicted octanol–water partition coefficient (Wildman–Crippen LogP) is 1.52. The smallest absolute Gasteiger partial charge is 0.234 e. The summed E-state index contributed by atoms with van der Waals surface area (Å²) in [7, 11) is 3.16. The molecule has 0 aliphatic heterocycles. The molecule has 2 aromatic heterocycles. The maximum Gasteiger partial charge on any atom is 0.234 e. The average Bonchev–Trinajstić information content (AvgIpc) is 3.07. The highest BCUT2D eigenvalue weighted by atomic mass is 32.2. The van der Waals surface area contributed by atoms with Gasteiger partial charge in [-0.3, -0.25) is 9.36 Å². The Labute approximate surface area is 144 Å². The first-order valence-corrected chi connectivity index (χ1v) is 8.08. The number of amides is 1. The van der Waals surface area contributed by atoms with E-state index in [-0.39, 0.29) is 11.7 Å². The molecule has 2 heterocycles. The summed E-state index contributed by atoms with van der Waals surface area (Å²) in [5.41, 5.74) is -0.0907. The summed E-state index contributed by atoms with van der Waals surface area (Å²) >= 11 is 1.25. The number of hydrogen-bond acceptors (Lipinski definition) is 7. The van der Waals surface area contributed by atoms with E-state index in [4.69, 9.17) is 10.00 Å². The Morgan fingerprint density at radius 2 is 2.25 bits per heavy atom. The van der Waals surface area contributed by atoms with Crippen LogP contribution in [0.3, 0.4) is 0 Å². The Morgan fingerprint density at radius 1 is 1.50 bits per heavy atom. The van der Waals surface area contributed by atoms with Crippen molar-refractivity contribution in [2.45, 2.75) is 24.5 Å². The van der Waals surface area contributed by atoms with Crippen LogP contribution in [0.25, 0.3) is 5.69 Å². The van der Waals surface area contributed by atoms with Gasteiger partial charge in [0.1, 0.15) is 11.9 Å². The van der Waals surface area contributed by atoms with Crippen LogP contribution in [-0.2, 0) is 4.79 Å². The second-order valence-electron chi connectivity index (χ2n) is 5.45. The van der Waals surface area contributed by atoms with Gasteiger partial charge in [0.2, 0.25) is 11.8 Å². The standard InChI is InChI=1S/C15H18N6O2S/c1-15(2,9-16)20(3)13(22)8-24-14-19-18-10-21(14)11-5-6-12(23-4)17-7-11/h5-7,10H,8H2,1-4H3. The zero-order valence-corrected chi connectivity index (χ0v) is 14.7. The SMILES string of the molecule is COc1ccc(-n2cnnc2SCC(=O)N(C)C(C)(C)C#N)cn1. The topological polar surface area (TPSA) is 96.9 Å². The fraction of sp³-hybridized carbons (Fsp3) is 0.400. The van der Waals surface area contributed by atoms with Crippen LogP contribution in [0.1, 0.15) is 13.8 Å². The molecular weight excluding hydrogens is 328 g/mol. The lowest BCUT2D eigenvalue weighted by atomic mass is 10.1. The Kier molecular flexibility index (Phi) is 5.41. The van der Waals surface area contributed by atoms with Gasteiger partial charge in [-0.15, -0.1) is 10.2 Å². The van der Waals surface area contributed by atoms with Crippen molar-refractivity contribution in [1.82, 2.24) is 24.6 Å². The van der Waals surface area contributed by atoms with Crippen LogP contribution in [0.2, 0.25) is 0 Å². The van der Waals surface area contributed by atoms with Crippen molar-refractivity contribution in [3.05, 3.63) is 24.7 Å². The van der Waals surface area contributed by atoms with Crippen molar-refractivity contribution in [2.24, 2.45) is 0 Å². The van der Waals surface area contributed by atoms with Crippen LogP contribution in [-0.4, -0.2) is 56.0 Å². The van der Waals surface area contributed by atoms with Crippen molar-refractivity contribution < 1.29 is 9.53 Å². The van der Waals surface area contributed by atoms with Crippen molar-refractivity contribution in [2.75, 3.05) is 19.9 Å². The first-order chi connectivity index (χ1) is 11.4. The molecule has 0 aromatic carbocycles. The molecule has 126 valence electrons. The Bertz CT molecular complexity index is 750. The molecule has 0 bridgehead atoms. The minimum absolute atomic E-state index is 0.157. The maximum absolute atomic E-state index is 12.2. The van der Waals surface area contributed by atoms with Crippen molar-refractivity contribution in [3.63, 3.8) is 0 Å². The molecule has 0 aliphatic rings. The number of carbonyl (C=O) groups is 1. The van der Waals surface area contributed by atoms with Crippen molar-refractivity contribution in [1.29, 1.82) is 5.26 Å². The minimum Gasteiger partial charge on any atom is -0.481 e. The van der Waals surface area contributed by atoms with Gasteiger partial charge < -0.3 is 9.64 Å². The van der Waals surface area contributed by atoms with Crippen LogP contribution in [0, 0.1) is 11.3 Å². The molecule has 0 radical (unpaired) electrons. The monoisotopic (exact) mass is 346 g/mol. The summed E-state index contributed by atoms with van der Waals surface area (Å²) in [6.45, 7) is 3.39. The molecule has 0 saturated carbocycles. The lowest BCUT2D eigenvalue weighted by Crippen LogP contribution is -2.44. The van der Waals surface area contributed by atoms with Crippen molar-refractivity contribution >= 4 is 17.7 Å². The summed E-state index contributed by atoms with van der Waals surface area (Å²) in [6, 6.07) is 5.67. The van der Waals surface area contributed by atoms with Gasteiger partial charge in [-0.25, -0.2) is 4.98 Å². The molecule has 0 spiro atoms. The number of nitrogens with zero attached hydrogens (tertiary/aromatic N) is 6. The molecule has 0 atom stereocenters. The van der Waals surface area contributed by atoms with Gasteiger partial charge in [0.15, 0.2) is 5.16 Å². The number of hydrogen-bond donors (Lipinski definition) is 0. The summed E-state index contributed by atoms with van der Waals surface area (Å²) < 4.78 is 6.77. The number of nitriles is 1. The molecule has 2 rings (SSSR count). The number of carbonyl (C=O) groups excluding carboxylic acids is 1. The Hall–Kier alpha value is -2.60. The summed E-state index contributed by atoms with van der Waals surface area (Å²) in [6.07, 6.45) is 3.19. The third-order valence-electron chi connectivity index (χ3n) is 3.54. The highest BCUT2D eigenvalue weighted by Crippen LogP contribution is 2.21. The van der Waals surface area contributed by atoms with Gasteiger partial charge >= 0.3 is 0 Å². The third-order valence-corrected chi connectivity index (χ3v) is 4.46. The number of methoxy groups -OCH3 is 1. The van der Waals surface area contributed by atoms with E-state index in [1.807, 2.05) is 6.07 Å². The number of aromatic nitrogens is 4. The molecule has 0 aliphatic carbocycles. The molecule has 2 aromatic rings. The first kappa shape index (κ1) is 17.7. The Balaban J connectivity index is 2.08. The molecule has 0 fully saturated rings. The Morgan fingerprint density at radius 3 is 2.83 bits per heavy atom. The van der Waals surface area contributed by atoms with Crippen LogP contribution >= 0.6 is 11.8 Å². The lowest BCUT2D eigenvalue weighted by molar-refractivity contribution is -0.130. The molecule has 0 N–H and O–H groups in total. The normalized spacial score (nSPS) is 11.0. The van der Waals surface area contributed by atoms with E-state index < -0.39 is 5.54 Å². The van der Waals surface area contributed by atoms with E-state index in [9.17, 15) is 4.79 Å². The van der Waals surface area contributed by atoms with E-state index >= 15 is 0 Å². The number of rotatable bonds is 6. The molecule has 1 amide bonds. The van der Waals surface area contributed by atoms with Gasteiger partial charge in [0.05, 0.1) is 30.8 Å². The summed E-state index contributed by atoms with van der Waals surface area (Å²) in [5.74, 6) is 0.509. The van der Waals surface area contributed by atoms with Crippen LogP contribution in [0.4, 0.5) is 0 Å². The van der Waals surface area contributed by atoms with Gasteiger partial charge in [-0.2, -0.15) is 5.26 Å². The third kappa shape index (κ3) is 3.83. The molecule has 9 heteroatoms. The fourth-order valence-electron chi connectivity index (χ4n) is 1.75. The molecule has 0 saturated heterocycles. The van der Waals surface area contributed by atoms with E-state index in [0.717, 1.165) is 5.69 Å². The largest absolute Gasteiger partial charge is 0.481 e. The summed E-state index contributed by atoms with van der Waals surface area (Å²) in [4.78, 5) is 17.8. The molecular formula is C15H18N6O2S. The maximum atomic E-state index is 12.2. The van der Waals surface area contributed by atoms with Crippen LogP contribution in [0.15, 0.2) is 29.8 Å². The van der Waals surface area contributed by atoms with Gasteiger partial charge in [-0.1, -0.05) is 11.8 Å². The van der Waals surface area contributed by atoms with E-state index in [1.165, 1.54) is 16.7 Å². The fourth-order valence-corrected chi connectivity index (χ4v) is 2.59. The van der Waals surface area contributed by atoms with E-state index in [0.29, 0.717) is 11.0 Å². The quantitative estimate of drug-likeness (QED) is 0.732. The zero-order chi connectivity index (χ0) is 17.7. The van der Waals surface area contributed by atoms with Gasteiger partial charge in [-0.05, 0) is 19.9 Å². The van der Waals surface area contributed by atoms with Gasteiger partial charge in [0.25, 0.3) is 0 Å². The van der Waals surface area contributed by atoms with E-state index in [2.05, 4.69) is 21.3 Å². The number of ether oxygens (including phenoxy) is 1.